The van der Waals surface area contributed by atoms with Crippen LogP contribution in [0.25, 0.3) is 16.8 Å². The molecule has 0 fully saturated rings. The van der Waals surface area contributed by atoms with Gasteiger partial charge < -0.3 is 19.4 Å². The Morgan fingerprint density at radius 1 is 1.04 bits per heavy atom. The first kappa shape index (κ1) is 17.5. The molecule has 0 aliphatic carbocycles. The molecule has 6 nitrogen and oxygen atoms in total. The molecule has 0 saturated heterocycles. The van der Waals surface area contributed by atoms with Crippen molar-refractivity contribution in [2.24, 2.45) is 4.99 Å². The number of aliphatic imine (C=N–C) groups is 1. The summed E-state index contributed by atoms with van der Waals surface area (Å²) in [7, 11) is 0. The number of benzene rings is 3. The molecule has 0 atom stereocenters. The predicted octanol–water partition coefficient (Wildman–Crippen LogP) is 2.31. The summed E-state index contributed by atoms with van der Waals surface area (Å²) >= 11 is 0. The third-order valence-corrected chi connectivity index (χ3v) is 4.16. The van der Waals surface area contributed by atoms with Crippen LogP contribution < -0.4 is 9.84 Å². The average Bonchev–Trinajstić information content (AvgIpc) is 3.07. The molecule has 0 amide bonds. The van der Waals surface area contributed by atoms with Crippen molar-refractivity contribution in [2.75, 3.05) is 6.61 Å². The zero-order valence-electron chi connectivity index (χ0n) is 14.6. The van der Waals surface area contributed by atoms with E-state index >= 15 is 0 Å². The molecule has 0 unspecified atom stereocenters. The summed E-state index contributed by atoms with van der Waals surface area (Å²) in [6, 6.07) is 20.2. The molecular weight excluding hydrogens is 358 g/mol. The van der Waals surface area contributed by atoms with Crippen molar-refractivity contribution in [3.8, 4) is 5.75 Å². The SMILES string of the molecule is O=C([O-])COc1ccc(/C=C2\N=C(c3ccc4ccccc4c3)OC2=O)cc1. The first-order valence-electron chi connectivity index (χ1n) is 8.53. The van der Waals surface area contributed by atoms with Gasteiger partial charge in [-0.1, -0.05) is 42.5 Å². The fourth-order valence-corrected chi connectivity index (χ4v) is 2.82. The van der Waals surface area contributed by atoms with E-state index in [4.69, 9.17) is 9.47 Å². The summed E-state index contributed by atoms with van der Waals surface area (Å²) in [4.78, 5) is 26.9. The fourth-order valence-electron chi connectivity index (χ4n) is 2.82. The lowest BCUT2D eigenvalue weighted by molar-refractivity contribution is -0.307. The first-order chi connectivity index (χ1) is 13.6. The lowest BCUT2D eigenvalue weighted by Crippen LogP contribution is -2.28. The number of carboxylic acid groups (broad SMARTS) is 1. The highest BCUT2D eigenvalue weighted by Crippen LogP contribution is 2.23. The minimum Gasteiger partial charge on any atom is -0.546 e. The van der Waals surface area contributed by atoms with Gasteiger partial charge in [0.05, 0.1) is 5.97 Å². The molecule has 4 rings (SSSR count). The average molecular weight is 372 g/mol. The largest absolute Gasteiger partial charge is 0.546 e. The molecule has 0 bridgehead atoms. The van der Waals surface area contributed by atoms with Crippen molar-refractivity contribution in [2.45, 2.75) is 0 Å². The topological polar surface area (TPSA) is 88.0 Å². The maximum absolute atomic E-state index is 12.2. The van der Waals surface area contributed by atoms with Crippen LogP contribution in [0.4, 0.5) is 0 Å². The summed E-state index contributed by atoms with van der Waals surface area (Å²) < 4.78 is 10.3. The molecule has 1 heterocycles. The lowest BCUT2D eigenvalue weighted by Gasteiger charge is -2.06. The molecule has 138 valence electrons. The number of hydrogen-bond acceptors (Lipinski definition) is 6. The molecule has 0 aromatic heterocycles. The summed E-state index contributed by atoms with van der Waals surface area (Å²) in [5.41, 5.74) is 1.62. The van der Waals surface area contributed by atoms with Gasteiger partial charge in [-0.3, -0.25) is 0 Å². The van der Waals surface area contributed by atoms with Crippen LogP contribution in [0, 0.1) is 0 Å². The van der Waals surface area contributed by atoms with E-state index in [1.807, 2.05) is 42.5 Å². The number of fused-ring (bicyclic) bond motifs is 1. The summed E-state index contributed by atoms with van der Waals surface area (Å²) in [6.45, 7) is -0.522. The second kappa shape index (κ2) is 7.36. The second-order valence-electron chi connectivity index (χ2n) is 6.13. The molecule has 0 N–H and O–H groups in total. The Kier molecular flexibility index (Phi) is 4.60. The van der Waals surface area contributed by atoms with Crippen LogP contribution in [-0.2, 0) is 14.3 Å². The maximum Gasteiger partial charge on any atom is 0.363 e. The van der Waals surface area contributed by atoms with Crippen molar-refractivity contribution in [3.05, 3.63) is 83.6 Å². The molecule has 1 aliphatic heterocycles. The molecule has 0 radical (unpaired) electrons. The maximum atomic E-state index is 12.2. The van der Waals surface area contributed by atoms with Crippen LogP contribution in [0.1, 0.15) is 11.1 Å². The summed E-state index contributed by atoms with van der Waals surface area (Å²) in [5.74, 6) is -1.17. The Hall–Kier alpha value is -3.93. The van der Waals surface area contributed by atoms with E-state index in [2.05, 4.69) is 4.99 Å². The normalized spacial score (nSPS) is 14.8. The van der Waals surface area contributed by atoms with E-state index < -0.39 is 18.5 Å². The van der Waals surface area contributed by atoms with Gasteiger partial charge in [-0.05, 0) is 46.7 Å². The van der Waals surface area contributed by atoms with Crippen molar-refractivity contribution in [1.29, 1.82) is 0 Å². The zero-order chi connectivity index (χ0) is 19.5. The zero-order valence-corrected chi connectivity index (χ0v) is 14.6. The number of hydrogen-bond donors (Lipinski definition) is 0. The summed E-state index contributed by atoms with van der Waals surface area (Å²) in [6.07, 6.45) is 1.60. The highest BCUT2D eigenvalue weighted by Gasteiger charge is 2.24. The van der Waals surface area contributed by atoms with Crippen LogP contribution >= 0.6 is 0 Å². The Morgan fingerprint density at radius 3 is 2.54 bits per heavy atom. The molecule has 1 aliphatic rings. The number of carbonyl (C=O) groups excluding carboxylic acids is 2. The Balaban J connectivity index is 1.56. The van der Waals surface area contributed by atoms with E-state index in [1.165, 1.54) is 0 Å². The highest BCUT2D eigenvalue weighted by molar-refractivity contribution is 6.13. The van der Waals surface area contributed by atoms with Gasteiger partial charge in [0.25, 0.3) is 0 Å². The van der Waals surface area contributed by atoms with Gasteiger partial charge in [0.2, 0.25) is 5.90 Å². The molecule has 28 heavy (non-hydrogen) atoms. The minimum absolute atomic E-state index is 0.187. The third-order valence-electron chi connectivity index (χ3n) is 4.16. The molecule has 3 aromatic rings. The van der Waals surface area contributed by atoms with Crippen molar-refractivity contribution in [1.82, 2.24) is 0 Å². The van der Waals surface area contributed by atoms with Gasteiger partial charge >= 0.3 is 5.97 Å². The van der Waals surface area contributed by atoms with Crippen LogP contribution in [0.2, 0.25) is 0 Å². The Bertz CT molecular complexity index is 1130. The number of rotatable bonds is 5. The number of ether oxygens (including phenoxy) is 2. The van der Waals surface area contributed by atoms with Crippen LogP contribution in [-0.4, -0.2) is 24.4 Å². The number of carbonyl (C=O) groups is 2. The third kappa shape index (κ3) is 3.76. The number of aliphatic carboxylic acids is 1. The number of nitrogens with zero attached hydrogens (tertiary/aromatic N) is 1. The fraction of sp³-hybridized carbons (Fsp3) is 0.0455. The van der Waals surface area contributed by atoms with Crippen LogP contribution in [0.15, 0.2) is 77.4 Å². The smallest absolute Gasteiger partial charge is 0.363 e. The van der Waals surface area contributed by atoms with Gasteiger partial charge in [-0.2, -0.15) is 0 Å². The number of carboxylic acids is 1. The molecule has 6 heteroatoms. The van der Waals surface area contributed by atoms with E-state index in [9.17, 15) is 14.7 Å². The molecular formula is C22H14NO5-. The van der Waals surface area contributed by atoms with E-state index in [0.717, 1.165) is 16.3 Å². The van der Waals surface area contributed by atoms with Crippen molar-refractivity contribution in [3.63, 3.8) is 0 Å². The van der Waals surface area contributed by atoms with Gasteiger partial charge in [-0.25, -0.2) is 9.79 Å². The number of esters is 1. The predicted molar refractivity (Wildman–Crippen MR) is 101 cm³/mol. The Morgan fingerprint density at radius 2 is 1.79 bits per heavy atom. The Labute approximate surface area is 160 Å². The molecule has 0 spiro atoms. The van der Waals surface area contributed by atoms with Gasteiger partial charge in [-0.15, -0.1) is 0 Å². The standard InChI is InChI=1S/C22H15NO5/c24-20(25)13-27-18-9-5-14(6-10-18)11-19-22(26)28-21(23-19)17-8-7-15-3-1-2-4-16(15)12-17/h1-12H,13H2,(H,24,25)/p-1/b19-11-. The summed E-state index contributed by atoms with van der Waals surface area (Å²) in [5, 5.41) is 12.5. The van der Waals surface area contributed by atoms with Crippen molar-refractivity contribution < 1.29 is 24.2 Å². The van der Waals surface area contributed by atoms with E-state index in [0.29, 0.717) is 11.3 Å². The van der Waals surface area contributed by atoms with Crippen LogP contribution in [0.5, 0.6) is 5.75 Å². The quantitative estimate of drug-likeness (QED) is 0.507. The molecule has 3 aromatic carbocycles. The number of cyclic esters (lactones) is 1. The van der Waals surface area contributed by atoms with Gasteiger partial charge in [0.1, 0.15) is 12.4 Å². The van der Waals surface area contributed by atoms with E-state index in [1.54, 1.807) is 30.3 Å². The van der Waals surface area contributed by atoms with Crippen LogP contribution in [0.3, 0.4) is 0 Å². The van der Waals surface area contributed by atoms with Gasteiger partial charge in [0, 0.05) is 5.56 Å². The highest BCUT2D eigenvalue weighted by atomic mass is 16.6. The van der Waals surface area contributed by atoms with Gasteiger partial charge in [0.15, 0.2) is 5.70 Å². The second-order valence-corrected chi connectivity index (χ2v) is 6.13. The van der Waals surface area contributed by atoms with E-state index in [-0.39, 0.29) is 11.6 Å². The monoisotopic (exact) mass is 372 g/mol. The molecule has 0 saturated carbocycles. The van der Waals surface area contributed by atoms with Crippen molar-refractivity contribution >= 4 is 34.7 Å². The lowest BCUT2D eigenvalue weighted by atomic mass is 10.1. The first-order valence-corrected chi connectivity index (χ1v) is 8.53. The minimum atomic E-state index is -1.30.